The van der Waals surface area contributed by atoms with Crippen molar-refractivity contribution in [1.29, 1.82) is 0 Å². The van der Waals surface area contributed by atoms with Gasteiger partial charge in [-0.2, -0.15) is 0 Å². The molecule has 2 aliphatic heterocycles. The second-order valence-electron chi connectivity index (χ2n) is 5.32. The SMILES string of the molecule is CCC1CN(CC2(CO)COC2)CC(C)O1. The van der Waals surface area contributed by atoms with Gasteiger partial charge >= 0.3 is 0 Å². The van der Waals surface area contributed by atoms with Crippen molar-refractivity contribution in [1.82, 2.24) is 4.90 Å². The summed E-state index contributed by atoms with van der Waals surface area (Å²) in [4.78, 5) is 2.42. The molecule has 2 atom stereocenters. The van der Waals surface area contributed by atoms with E-state index < -0.39 is 0 Å². The van der Waals surface area contributed by atoms with E-state index in [-0.39, 0.29) is 12.0 Å². The lowest BCUT2D eigenvalue weighted by Crippen LogP contribution is -2.57. The Morgan fingerprint density at radius 3 is 2.62 bits per heavy atom. The van der Waals surface area contributed by atoms with Crippen molar-refractivity contribution in [2.45, 2.75) is 32.5 Å². The average Bonchev–Trinajstić information content (AvgIpc) is 2.22. The van der Waals surface area contributed by atoms with Crippen molar-refractivity contribution in [2.75, 3.05) is 39.5 Å². The third kappa shape index (κ3) is 2.56. The molecule has 94 valence electrons. The summed E-state index contributed by atoms with van der Waals surface area (Å²) in [6.45, 7) is 8.81. The molecule has 0 amide bonds. The summed E-state index contributed by atoms with van der Waals surface area (Å²) in [6, 6.07) is 0. The molecule has 0 aromatic carbocycles. The molecular formula is C12H23NO3. The average molecular weight is 229 g/mol. The number of rotatable bonds is 4. The van der Waals surface area contributed by atoms with Crippen molar-refractivity contribution in [3.8, 4) is 0 Å². The van der Waals surface area contributed by atoms with Crippen LogP contribution in [0.25, 0.3) is 0 Å². The van der Waals surface area contributed by atoms with Crippen LogP contribution in [0.3, 0.4) is 0 Å². The van der Waals surface area contributed by atoms with Crippen LogP contribution in [-0.2, 0) is 9.47 Å². The first-order valence-corrected chi connectivity index (χ1v) is 6.24. The number of ether oxygens (including phenoxy) is 2. The predicted molar refractivity (Wildman–Crippen MR) is 61.4 cm³/mol. The first-order chi connectivity index (χ1) is 7.67. The molecule has 4 nitrogen and oxygen atoms in total. The molecule has 0 aromatic rings. The van der Waals surface area contributed by atoms with Gasteiger partial charge in [-0.1, -0.05) is 6.92 Å². The lowest BCUT2D eigenvalue weighted by molar-refractivity contribution is -0.164. The first-order valence-electron chi connectivity index (χ1n) is 6.24. The maximum Gasteiger partial charge on any atom is 0.0703 e. The Kier molecular flexibility index (Phi) is 3.85. The molecule has 1 N–H and O–H groups in total. The fourth-order valence-electron chi connectivity index (χ4n) is 2.59. The zero-order valence-electron chi connectivity index (χ0n) is 10.3. The van der Waals surface area contributed by atoms with Crippen LogP contribution in [0.5, 0.6) is 0 Å². The van der Waals surface area contributed by atoms with Crippen molar-refractivity contribution < 1.29 is 14.6 Å². The Labute approximate surface area is 97.5 Å². The van der Waals surface area contributed by atoms with Crippen LogP contribution in [0.1, 0.15) is 20.3 Å². The van der Waals surface area contributed by atoms with Crippen LogP contribution in [0.4, 0.5) is 0 Å². The molecule has 0 aliphatic carbocycles. The van der Waals surface area contributed by atoms with E-state index in [1.54, 1.807) is 0 Å². The van der Waals surface area contributed by atoms with E-state index in [0.29, 0.717) is 25.4 Å². The molecule has 16 heavy (non-hydrogen) atoms. The standard InChI is InChI=1S/C12H23NO3/c1-3-11-5-13(4-10(2)16-11)6-12(7-14)8-15-9-12/h10-11,14H,3-9H2,1-2H3. The molecule has 0 radical (unpaired) electrons. The fraction of sp³-hybridized carbons (Fsp3) is 1.00. The second kappa shape index (κ2) is 5.00. The summed E-state index contributed by atoms with van der Waals surface area (Å²) in [7, 11) is 0. The van der Waals surface area contributed by atoms with Gasteiger partial charge in [0.05, 0.1) is 37.4 Å². The normalized spacial score (nSPS) is 34.7. The van der Waals surface area contributed by atoms with Crippen molar-refractivity contribution in [3.63, 3.8) is 0 Å². The van der Waals surface area contributed by atoms with E-state index >= 15 is 0 Å². The van der Waals surface area contributed by atoms with Gasteiger partial charge in [-0.15, -0.1) is 0 Å². The largest absolute Gasteiger partial charge is 0.396 e. The van der Waals surface area contributed by atoms with Crippen LogP contribution >= 0.6 is 0 Å². The molecule has 2 rings (SSSR count). The zero-order valence-corrected chi connectivity index (χ0v) is 10.3. The highest BCUT2D eigenvalue weighted by Gasteiger charge is 2.40. The number of aliphatic hydroxyl groups excluding tert-OH is 1. The summed E-state index contributed by atoms with van der Waals surface area (Å²) in [5.41, 5.74) is -0.00461. The van der Waals surface area contributed by atoms with Crippen LogP contribution in [-0.4, -0.2) is 61.7 Å². The van der Waals surface area contributed by atoms with Gasteiger partial charge in [-0.05, 0) is 13.3 Å². The molecule has 2 saturated heterocycles. The summed E-state index contributed by atoms with van der Waals surface area (Å²) >= 11 is 0. The van der Waals surface area contributed by atoms with E-state index in [1.165, 1.54) is 0 Å². The van der Waals surface area contributed by atoms with Gasteiger partial charge in [0.15, 0.2) is 0 Å². The highest BCUT2D eigenvalue weighted by molar-refractivity contribution is 4.90. The number of hydrogen-bond donors (Lipinski definition) is 1. The Bertz CT molecular complexity index is 225. The van der Waals surface area contributed by atoms with E-state index in [2.05, 4.69) is 18.7 Å². The quantitative estimate of drug-likeness (QED) is 0.762. The third-order valence-corrected chi connectivity index (χ3v) is 3.57. The minimum absolute atomic E-state index is 0.00461. The monoisotopic (exact) mass is 229 g/mol. The van der Waals surface area contributed by atoms with Gasteiger partial charge in [0.25, 0.3) is 0 Å². The third-order valence-electron chi connectivity index (χ3n) is 3.57. The van der Waals surface area contributed by atoms with Crippen molar-refractivity contribution in [3.05, 3.63) is 0 Å². The maximum atomic E-state index is 9.42. The zero-order chi connectivity index (χ0) is 11.6. The molecule has 0 spiro atoms. The summed E-state index contributed by atoms with van der Waals surface area (Å²) < 4.78 is 11.1. The second-order valence-corrected chi connectivity index (χ2v) is 5.32. The Hall–Kier alpha value is -0.160. The summed E-state index contributed by atoms with van der Waals surface area (Å²) in [6.07, 6.45) is 1.71. The smallest absolute Gasteiger partial charge is 0.0703 e. The van der Waals surface area contributed by atoms with Crippen molar-refractivity contribution in [2.24, 2.45) is 5.41 Å². The van der Waals surface area contributed by atoms with Crippen LogP contribution in [0.15, 0.2) is 0 Å². The number of aliphatic hydroxyl groups is 1. The molecular weight excluding hydrogens is 206 g/mol. The van der Waals surface area contributed by atoms with E-state index in [1.807, 2.05) is 0 Å². The van der Waals surface area contributed by atoms with Gasteiger partial charge in [0.2, 0.25) is 0 Å². The van der Waals surface area contributed by atoms with Crippen molar-refractivity contribution >= 4 is 0 Å². The van der Waals surface area contributed by atoms with E-state index in [4.69, 9.17) is 9.47 Å². The Morgan fingerprint density at radius 1 is 1.38 bits per heavy atom. The predicted octanol–water partition coefficient (Wildman–Crippen LogP) is 0.495. The molecule has 2 heterocycles. The molecule has 2 aliphatic rings. The minimum Gasteiger partial charge on any atom is -0.396 e. The minimum atomic E-state index is -0.00461. The van der Waals surface area contributed by atoms with Gasteiger partial charge in [-0.3, -0.25) is 4.90 Å². The molecule has 0 saturated carbocycles. The van der Waals surface area contributed by atoms with E-state index in [0.717, 1.165) is 26.1 Å². The number of hydrogen-bond acceptors (Lipinski definition) is 4. The van der Waals surface area contributed by atoms with Crippen LogP contribution in [0, 0.1) is 5.41 Å². The Balaban J connectivity index is 1.88. The highest BCUT2D eigenvalue weighted by Crippen LogP contribution is 2.29. The molecule has 2 unspecified atom stereocenters. The highest BCUT2D eigenvalue weighted by atomic mass is 16.5. The molecule has 4 heteroatoms. The molecule has 0 aromatic heterocycles. The van der Waals surface area contributed by atoms with Crippen LogP contribution in [0.2, 0.25) is 0 Å². The molecule has 0 bridgehead atoms. The van der Waals surface area contributed by atoms with Gasteiger partial charge in [0, 0.05) is 19.6 Å². The summed E-state index contributed by atoms with van der Waals surface area (Å²) in [5.74, 6) is 0. The van der Waals surface area contributed by atoms with Gasteiger partial charge in [0.1, 0.15) is 0 Å². The number of nitrogens with zero attached hydrogens (tertiary/aromatic N) is 1. The maximum absolute atomic E-state index is 9.42. The van der Waals surface area contributed by atoms with E-state index in [9.17, 15) is 5.11 Å². The first kappa shape index (κ1) is 12.3. The van der Waals surface area contributed by atoms with Gasteiger partial charge in [-0.25, -0.2) is 0 Å². The van der Waals surface area contributed by atoms with Crippen LogP contribution < -0.4 is 0 Å². The number of morpholine rings is 1. The molecule has 2 fully saturated rings. The van der Waals surface area contributed by atoms with Gasteiger partial charge < -0.3 is 14.6 Å². The lowest BCUT2D eigenvalue weighted by Gasteiger charge is -2.46. The lowest BCUT2D eigenvalue weighted by atomic mass is 9.86. The fourth-order valence-corrected chi connectivity index (χ4v) is 2.59. The Morgan fingerprint density at radius 2 is 2.12 bits per heavy atom. The summed E-state index contributed by atoms with van der Waals surface area (Å²) in [5, 5.41) is 9.42. The topological polar surface area (TPSA) is 41.9 Å².